The fourth-order valence-corrected chi connectivity index (χ4v) is 1.47. The summed E-state index contributed by atoms with van der Waals surface area (Å²) in [4.78, 5) is 0. The molecule has 0 amide bonds. The molecule has 1 aromatic carbocycles. The van der Waals surface area contributed by atoms with E-state index in [1.165, 1.54) is 12.1 Å². The van der Waals surface area contributed by atoms with Gasteiger partial charge in [-0.2, -0.15) is 13.2 Å². The molecule has 0 fully saturated rings. The van der Waals surface area contributed by atoms with Crippen molar-refractivity contribution in [1.29, 1.82) is 0 Å². The number of benzene rings is 1. The molecule has 0 radical (unpaired) electrons. The van der Waals surface area contributed by atoms with Crippen LogP contribution >= 0.6 is 0 Å². The van der Waals surface area contributed by atoms with Crippen molar-refractivity contribution < 1.29 is 23.0 Å². The van der Waals surface area contributed by atoms with Gasteiger partial charge in [0.25, 0.3) is 0 Å². The Morgan fingerprint density at radius 1 is 1.21 bits per heavy atom. The largest absolute Gasteiger partial charge is 0.493 e. The highest BCUT2D eigenvalue weighted by Crippen LogP contribution is 2.38. The van der Waals surface area contributed by atoms with E-state index in [2.05, 4.69) is 0 Å². The van der Waals surface area contributed by atoms with Gasteiger partial charge in [0.15, 0.2) is 0 Å². The van der Waals surface area contributed by atoms with Gasteiger partial charge in [-0.1, -0.05) is 26.8 Å². The molecule has 5 heteroatoms. The number of aliphatic hydroxyl groups is 1. The second-order valence-electron chi connectivity index (χ2n) is 4.26. The van der Waals surface area contributed by atoms with Gasteiger partial charge in [-0.15, -0.1) is 0 Å². The number of aliphatic hydroxyl groups excluding tert-OH is 1. The van der Waals surface area contributed by atoms with Crippen molar-refractivity contribution in [1.82, 2.24) is 0 Å². The number of rotatable bonds is 4. The van der Waals surface area contributed by atoms with E-state index in [-0.39, 0.29) is 11.7 Å². The lowest BCUT2D eigenvalue weighted by Gasteiger charge is -2.16. The van der Waals surface area contributed by atoms with Crippen LogP contribution in [-0.4, -0.2) is 18.8 Å². The van der Waals surface area contributed by atoms with Crippen LogP contribution < -0.4 is 4.74 Å². The highest BCUT2D eigenvalue weighted by molar-refractivity contribution is 5.40. The third-order valence-corrected chi connectivity index (χ3v) is 2.44. The first-order valence-corrected chi connectivity index (χ1v) is 6.15. The summed E-state index contributed by atoms with van der Waals surface area (Å²) in [6.45, 7) is 5.88. The molecule has 0 bridgehead atoms. The number of halogens is 3. The molecule has 2 nitrogen and oxygen atoms in total. The maximum atomic E-state index is 12.8. The van der Waals surface area contributed by atoms with Crippen LogP contribution in [-0.2, 0) is 6.18 Å². The zero-order valence-corrected chi connectivity index (χ0v) is 11.7. The van der Waals surface area contributed by atoms with Crippen LogP contribution in [0, 0.1) is 0 Å². The van der Waals surface area contributed by atoms with Crippen LogP contribution in [0.2, 0.25) is 0 Å². The average Bonchev–Trinajstić information content (AvgIpc) is 2.37. The summed E-state index contributed by atoms with van der Waals surface area (Å²) in [6.07, 6.45) is -3.68. The van der Waals surface area contributed by atoms with E-state index in [0.717, 1.165) is 7.11 Å². The van der Waals surface area contributed by atoms with Crippen molar-refractivity contribution in [2.75, 3.05) is 13.7 Å². The molecular formula is C14H21F3O2. The monoisotopic (exact) mass is 278 g/mol. The minimum atomic E-state index is -4.37. The smallest absolute Gasteiger partial charge is 0.419 e. The topological polar surface area (TPSA) is 29.5 Å². The molecular weight excluding hydrogens is 257 g/mol. The molecule has 0 spiro atoms. The SMILES string of the molecule is CCCOc1ccc(C(C)C)cc1C(F)(F)F.CO. The van der Waals surface area contributed by atoms with Crippen LogP contribution in [0.1, 0.15) is 44.2 Å². The minimum absolute atomic E-state index is 0.0660. The number of hydrogen-bond acceptors (Lipinski definition) is 2. The summed E-state index contributed by atoms with van der Waals surface area (Å²) in [5.41, 5.74) is -0.0154. The standard InChI is InChI=1S/C13H17F3O.CH4O/c1-4-7-17-12-6-5-10(9(2)3)8-11(12)13(14,15)16;1-2/h5-6,8-9H,4,7H2,1-3H3;2H,1H3. The lowest BCUT2D eigenvalue weighted by Crippen LogP contribution is -2.10. The highest BCUT2D eigenvalue weighted by atomic mass is 19.4. The van der Waals surface area contributed by atoms with E-state index in [1.807, 2.05) is 20.8 Å². The van der Waals surface area contributed by atoms with Gasteiger partial charge < -0.3 is 9.84 Å². The average molecular weight is 278 g/mol. The fourth-order valence-electron chi connectivity index (χ4n) is 1.47. The van der Waals surface area contributed by atoms with Gasteiger partial charge in [0, 0.05) is 7.11 Å². The summed E-state index contributed by atoms with van der Waals surface area (Å²) in [7, 11) is 1.00. The number of alkyl halides is 3. The summed E-state index contributed by atoms with van der Waals surface area (Å²) >= 11 is 0. The first-order chi connectivity index (χ1) is 8.86. The molecule has 0 aliphatic carbocycles. The fraction of sp³-hybridized carbons (Fsp3) is 0.571. The molecule has 19 heavy (non-hydrogen) atoms. The molecule has 0 aliphatic heterocycles. The Morgan fingerprint density at radius 3 is 2.21 bits per heavy atom. The molecule has 1 N–H and O–H groups in total. The van der Waals surface area contributed by atoms with Crippen molar-refractivity contribution >= 4 is 0 Å². The third-order valence-electron chi connectivity index (χ3n) is 2.44. The number of ether oxygens (including phenoxy) is 1. The summed E-state index contributed by atoms with van der Waals surface area (Å²) in [5, 5.41) is 7.00. The van der Waals surface area contributed by atoms with Crippen molar-refractivity contribution in [3.8, 4) is 5.75 Å². The molecule has 0 unspecified atom stereocenters. The molecule has 1 rings (SSSR count). The van der Waals surface area contributed by atoms with E-state index < -0.39 is 11.7 Å². The summed E-state index contributed by atoms with van der Waals surface area (Å²) in [5.74, 6) is -0.0138. The molecule has 0 heterocycles. The van der Waals surface area contributed by atoms with E-state index in [1.54, 1.807) is 6.07 Å². The third kappa shape index (κ3) is 5.51. The molecule has 0 aliphatic rings. The van der Waals surface area contributed by atoms with E-state index >= 15 is 0 Å². The molecule has 0 atom stereocenters. The van der Waals surface area contributed by atoms with Gasteiger partial charge in [-0.25, -0.2) is 0 Å². The second-order valence-corrected chi connectivity index (χ2v) is 4.26. The van der Waals surface area contributed by atoms with Crippen molar-refractivity contribution in [3.63, 3.8) is 0 Å². The van der Waals surface area contributed by atoms with Crippen LogP contribution in [0.4, 0.5) is 13.2 Å². The molecule has 0 saturated carbocycles. The Kier molecular flexibility index (Phi) is 7.52. The Bertz CT molecular complexity index is 373. The molecule has 0 aromatic heterocycles. The zero-order chi connectivity index (χ0) is 15.1. The van der Waals surface area contributed by atoms with Gasteiger partial charge >= 0.3 is 6.18 Å². The molecule has 1 aromatic rings. The Hall–Kier alpha value is -1.23. The Labute approximate surface area is 112 Å². The second kappa shape index (κ2) is 8.04. The predicted molar refractivity (Wildman–Crippen MR) is 69.5 cm³/mol. The quantitative estimate of drug-likeness (QED) is 0.893. The van der Waals surface area contributed by atoms with Crippen LogP contribution in [0.15, 0.2) is 18.2 Å². The number of hydrogen-bond donors (Lipinski definition) is 1. The predicted octanol–water partition coefficient (Wildman–Crippen LogP) is 4.23. The lowest BCUT2D eigenvalue weighted by atomic mass is 10.00. The van der Waals surface area contributed by atoms with Crippen molar-refractivity contribution in [3.05, 3.63) is 29.3 Å². The normalized spacial score (nSPS) is 11.0. The summed E-state index contributed by atoms with van der Waals surface area (Å²) in [6, 6.07) is 4.27. The minimum Gasteiger partial charge on any atom is -0.493 e. The zero-order valence-electron chi connectivity index (χ0n) is 11.7. The van der Waals surface area contributed by atoms with Gasteiger partial charge in [0.1, 0.15) is 5.75 Å². The van der Waals surface area contributed by atoms with Gasteiger partial charge in [-0.05, 0) is 30.0 Å². The lowest BCUT2D eigenvalue weighted by molar-refractivity contribution is -0.139. The van der Waals surface area contributed by atoms with Gasteiger partial charge in [-0.3, -0.25) is 0 Å². The molecule has 0 saturated heterocycles. The van der Waals surface area contributed by atoms with Crippen molar-refractivity contribution in [2.45, 2.75) is 39.3 Å². The van der Waals surface area contributed by atoms with E-state index in [9.17, 15) is 13.2 Å². The molecule has 110 valence electrons. The summed E-state index contributed by atoms with van der Waals surface area (Å²) < 4.78 is 43.6. The first-order valence-electron chi connectivity index (χ1n) is 6.15. The van der Waals surface area contributed by atoms with Gasteiger partial charge in [0.05, 0.1) is 12.2 Å². The van der Waals surface area contributed by atoms with Crippen LogP contribution in [0.25, 0.3) is 0 Å². The maximum Gasteiger partial charge on any atom is 0.419 e. The Balaban J connectivity index is 0.00000154. The van der Waals surface area contributed by atoms with Crippen LogP contribution in [0.5, 0.6) is 5.75 Å². The Morgan fingerprint density at radius 2 is 1.79 bits per heavy atom. The van der Waals surface area contributed by atoms with Crippen molar-refractivity contribution in [2.24, 2.45) is 0 Å². The van der Waals surface area contributed by atoms with Crippen LogP contribution in [0.3, 0.4) is 0 Å². The highest BCUT2D eigenvalue weighted by Gasteiger charge is 2.34. The first kappa shape index (κ1) is 17.8. The van der Waals surface area contributed by atoms with E-state index in [0.29, 0.717) is 18.6 Å². The maximum absolute atomic E-state index is 12.8. The van der Waals surface area contributed by atoms with E-state index in [4.69, 9.17) is 9.84 Å². The van der Waals surface area contributed by atoms with Gasteiger partial charge in [0.2, 0.25) is 0 Å².